The van der Waals surface area contributed by atoms with E-state index in [9.17, 15) is 0 Å². The first-order valence-corrected chi connectivity index (χ1v) is 7.98. The molecule has 0 saturated carbocycles. The maximum Gasteiger partial charge on any atom is 0.0615 e. The molecule has 0 fully saturated rings. The summed E-state index contributed by atoms with van der Waals surface area (Å²) in [5, 5.41) is 10.9. The number of ether oxygens (including phenoxy) is 2. The van der Waals surface area contributed by atoms with E-state index in [-0.39, 0.29) is 6.61 Å². The van der Waals surface area contributed by atoms with Crippen molar-refractivity contribution in [2.45, 2.75) is 25.9 Å². The molecule has 1 N–H and O–H groups in total. The molecule has 0 amide bonds. The van der Waals surface area contributed by atoms with E-state index in [1.54, 1.807) is 25.6 Å². The van der Waals surface area contributed by atoms with Gasteiger partial charge >= 0.3 is 0 Å². The van der Waals surface area contributed by atoms with Gasteiger partial charge in [0.05, 0.1) is 19.8 Å². The van der Waals surface area contributed by atoms with Gasteiger partial charge in [-0.15, -0.1) is 11.3 Å². The Kier molecular flexibility index (Phi) is 9.31. The molecule has 4 nitrogen and oxygen atoms in total. The SMILES string of the molecule is COCCN(Cc1sccc1C#CCCO)C(C)COC. The van der Waals surface area contributed by atoms with Gasteiger partial charge in [0.2, 0.25) is 0 Å². The molecule has 0 aliphatic rings. The fraction of sp³-hybridized carbons (Fsp3) is 0.625. The highest BCUT2D eigenvalue weighted by Gasteiger charge is 2.16. The molecular formula is C16H25NO3S. The lowest BCUT2D eigenvalue weighted by Crippen LogP contribution is -2.37. The van der Waals surface area contributed by atoms with E-state index >= 15 is 0 Å². The van der Waals surface area contributed by atoms with Crippen LogP contribution in [0.3, 0.4) is 0 Å². The zero-order valence-corrected chi connectivity index (χ0v) is 13.9. The van der Waals surface area contributed by atoms with Gasteiger partial charge in [-0.05, 0) is 18.4 Å². The molecule has 1 unspecified atom stereocenters. The molecule has 1 heterocycles. The van der Waals surface area contributed by atoms with Gasteiger partial charge < -0.3 is 14.6 Å². The van der Waals surface area contributed by atoms with E-state index in [0.29, 0.717) is 25.7 Å². The van der Waals surface area contributed by atoms with Crippen LogP contribution in [0.5, 0.6) is 0 Å². The molecule has 5 heteroatoms. The highest BCUT2D eigenvalue weighted by atomic mass is 32.1. The number of hydrogen-bond donors (Lipinski definition) is 1. The van der Waals surface area contributed by atoms with Gasteiger partial charge in [-0.2, -0.15) is 0 Å². The van der Waals surface area contributed by atoms with Crippen LogP contribution in [-0.2, 0) is 16.0 Å². The fourth-order valence-electron chi connectivity index (χ4n) is 1.98. The number of aliphatic hydroxyl groups is 1. The summed E-state index contributed by atoms with van der Waals surface area (Å²) in [6.45, 7) is 5.36. The van der Waals surface area contributed by atoms with Crippen molar-refractivity contribution in [2.24, 2.45) is 0 Å². The maximum atomic E-state index is 8.80. The lowest BCUT2D eigenvalue weighted by atomic mass is 10.2. The van der Waals surface area contributed by atoms with Crippen LogP contribution in [0.4, 0.5) is 0 Å². The minimum absolute atomic E-state index is 0.108. The van der Waals surface area contributed by atoms with Crippen molar-refractivity contribution in [2.75, 3.05) is 40.6 Å². The zero-order chi connectivity index (χ0) is 15.5. The minimum Gasteiger partial charge on any atom is -0.395 e. The van der Waals surface area contributed by atoms with Crippen LogP contribution < -0.4 is 0 Å². The predicted octanol–water partition coefficient (Wildman–Crippen LogP) is 1.97. The normalized spacial score (nSPS) is 12.2. The Morgan fingerprint density at radius 2 is 2.19 bits per heavy atom. The molecular weight excluding hydrogens is 286 g/mol. The highest BCUT2D eigenvalue weighted by Crippen LogP contribution is 2.19. The third kappa shape index (κ3) is 6.60. The molecule has 0 spiro atoms. The number of rotatable bonds is 9. The van der Waals surface area contributed by atoms with Crippen molar-refractivity contribution in [3.05, 3.63) is 21.9 Å². The average molecular weight is 311 g/mol. The quantitative estimate of drug-likeness (QED) is 0.708. The van der Waals surface area contributed by atoms with Crippen molar-refractivity contribution in [1.29, 1.82) is 0 Å². The van der Waals surface area contributed by atoms with E-state index in [0.717, 1.165) is 18.7 Å². The average Bonchev–Trinajstić information content (AvgIpc) is 2.91. The van der Waals surface area contributed by atoms with E-state index in [2.05, 4.69) is 29.0 Å². The number of methoxy groups -OCH3 is 2. The van der Waals surface area contributed by atoms with E-state index < -0.39 is 0 Å². The second-order valence-electron chi connectivity index (χ2n) is 4.80. The van der Waals surface area contributed by atoms with Crippen LogP contribution in [0.15, 0.2) is 11.4 Å². The summed E-state index contributed by atoms with van der Waals surface area (Å²) in [6, 6.07) is 2.37. The molecule has 0 saturated heterocycles. The van der Waals surface area contributed by atoms with Gasteiger partial charge in [0, 0.05) is 50.2 Å². The van der Waals surface area contributed by atoms with Gasteiger partial charge in [0.1, 0.15) is 0 Å². The third-order valence-electron chi connectivity index (χ3n) is 3.17. The smallest absolute Gasteiger partial charge is 0.0615 e. The van der Waals surface area contributed by atoms with Gasteiger partial charge in [0.25, 0.3) is 0 Å². The summed E-state index contributed by atoms with van der Waals surface area (Å²) in [6.07, 6.45) is 0.517. The number of nitrogens with zero attached hydrogens (tertiary/aromatic N) is 1. The molecule has 1 rings (SSSR count). The lowest BCUT2D eigenvalue weighted by Gasteiger charge is -2.28. The Morgan fingerprint density at radius 3 is 2.86 bits per heavy atom. The standard InChI is InChI=1S/C16H25NO3S/c1-14(13-20-3)17(8-10-19-2)12-16-15(7-11-21-16)6-4-5-9-18/h7,11,14,18H,5,8-10,12-13H2,1-3H3. The largest absolute Gasteiger partial charge is 0.395 e. The summed E-state index contributed by atoms with van der Waals surface area (Å²) < 4.78 is 10.5. The van der Waals surface area contributed by atoms with Crippen LogP contribution in [0.1, 0.15) is 23.8 Å². The Bertz CT molecular complexity index is 450. The Hall–Kier alpha value is -0.900. The van der Waals surface area contributed by atoms with E-state index in [4.69, 9.17) is 14.6 Å². The topological polar surface area (TPSA) is 41.9 Å². The minimum atomic E-state index is 0.108. The van der Waals surface area contributed by atoms with Crippen molar-refractivity contribution < 1.29 is 14.6 Å². The maximum absolute atomic E-state index is 8.80. The first-order chi connectivity index (χ1) is 10.2. The van der Waals surface area contributed by atoms with Crippen LogP contribution >= 0.6 is 11.3 Å². The molecule has 1 atom stereocenters. The Labute approximate surface area is 131 Å². The molecule has 0 aromatic carbocycles. The number of hydrogen-bond acceptors (Lipinski definition) is 5. The zero-order valence-electron chi connectivity index (χ0n) is 13.1. The predicted molar refractivity (Wildman–Crippen MR) is 86.5 cm³/mol. The number of thiophene rings is 1. The fourth-order valence-corrected chi connectivity index (χ4v) is 2.84. The molecule has 1 aromatic heterocycles. The van der Waals surface area contributed by atoms with Crippen molar-refractivity contribution in [3.63, 3.8) is 0 Å². The van der Waals surface area contributed by atoms with Gasteiger partial charge in [0.15, 0.2) is 0 Å². The second kappa shape index (κ2) is 10.8. The molecule has 21 heavy (non-hydrogen) atoms. The molecule has 118 valence electrons. The van der Waals surface area contributed by atoms with Gasteiger partial charge in [-0.1, -0.05) is 11.8 Å². The van der Waals surface area contributed by atoms with Crippen LogP contribution in [0.2, 0.25) is 0 Å². The van der Waals surface area contributed by atoms with Crippen molar-refractivity contribution in [3.8, 4) is 11.8 Å². The van der Waals surface area contributed by atoms with Crippen molar-refractivity contribution in [1.82, 2.24) is 4.90 Å². The second-order valence-corrected chi connectivity index (χ2v) is 5.80. The molecule has 0 bridgehead atoms. The first-order valence-electron chi connectivity index (χ1n) is 7.11. The highest BCUT2D eigenvalue weighted by molar-refractivity contribution is 7.10. The third-order valence-corrected chi connectivity index (χ3v) is 4.07. The molecule has 1 aromatic rings. The van der Waals surface area contributed by atoms with Gasteiger partial charge in [-0.25, -0.2) is 0 Å². The Morgan fingerprint density at radius 1 is 1.38 bits per heavy atom. The van der Waals surface area contributed by atoms with Crippen LogP contribution in [0, 0.1) is 11.8 Å². The van der Waals surface area contributed by atoms with Crippen LogP contribution in [0.25, 0.3) is 0 Å². The van der Waals surface area contributed by atoms with E-state index in [1.165, 1.54) is 4.88 Å². The van der Waals surface area contributed by atoms with Crippen LogP contribution in [-0.4, -0.2) is 56.6 Å². The molecule has 0 aliphatic heterocycles. The Balaban J connectivity index is 2.74. The lowest BCUT2D eigenvalue weighted by molar-refractivity contribution is 0.0711. The monoisotopic (exact) mass is 311 g/mol. The summed E-state index contributed by atoms with van der Waals surface area (Å²) in [5.41, 5.74) is 1.06. The first kappa shape index (κ1) is 18.1. The summed E-state index contributed by atoms with van der Waals surface area (Å²) in [4.78, 5) is 3.59. The molecule has 0 radical (unpaired) electrons. The van der Waals surface area contributed by atoms with Crippen molar-refractivity contribution >= 4 is 11.3 Å². The van der Waals surface area contributed by atoms with Gasteiger partial charge in [-0.3, -0.25) is 4.90 Å². The summed E-state index contributed by atoms with van der Waals surface area (Å²) >= 11 is 1.72. The summed E-state index contributed by atoms with van der Waals surface area (Å²) in [7, 11) is 3.44. The number of aliphatic hydroxyl groups excluding tert-OH is 1. The summed E-state index contributed by atoms with van der Waals surface area (Å²) in [5.74, 6) is 6.13. The molecule has 0 aliphatic carbocycles. The van der Waals surface area contributed by atoms with E-state index in [1.807, 2.05) is 6.07 Å².